The Labute approximate surface area is 128 Å². The number of hydrogen-bond acceptors (Lipinski definition) is 6. The molecule has 2 aromatic rings. The van der Waals surface area contributed by atoms with Crippen LogP contribution in [0, 0.1) is 0 Å². The van der Waals surface area contributed by atoms with Gasteiger partial charge in [0.25, 0.3) is 0 Å². The molecule has 0 aliphatic carbocycles. The van der Waals surface area contributed by atoms with Gasteiger partial charge >= 0.3 is 6.16 Å². The SMILES string of the molecule is COC(=O)Oc1ccc(OC)c(C=NNc2ccccc2)c1. The van der Waals surface area contributed by atoms with Crippen molar-refractivity contribution < 1.29 is 19.0 Å². The number of rotatable bonds is 5. The fraction of sp³-hybridized carbons (Fsp3) is 0.125. The summed E-state index contributed by atoms with van der Waals surface area (Å²) >= 11 is 0. The van der Waals surface area contributed by atoms with Crippen molar-refractivity contribution in [3.05, 3.63) is 54.1 Å². The van der Waals surface area contributed by atoms with Gasteiger partial charge in [-0.15, -0.1) is 0 Å². The highest BCUT2D eigenvalue weighted by atomic mass is 16.7. The molecule has 0 aliphatic heterocycles. The number of para-hydroxylation sites is 1. The number of nitrogens with zero attached hydrogens (tertiary/aromatic N) is 1. The molecule has 0 heterocycles. The third-order valence-electron chi connectivity index (χ3n) is 2.74. The molecule has 0 radical (unpaired) electrons. The van der Waals surface area contributed by atoms with E-state index in [0.29, 0.717) is 17.1 Å². The minimum Gasteiger partial charge on any atom is -0.496 e. The van der Waals surface area contributed by atoms with E-state index in [1.165, 1.54) is 7.11 Å². The second-order valence-corrected chi connectivity index (χ2v) is 4.20. The molecular weight excluding hydrogens is 284 g/mol. The van der Waals surface area contributed by atoms with Crippen molar-refractivity contribution in [1.82, 2.24) is 0 Å². The Kier molecular flexibility index (Phi) is 5.37. The quantitative estimate of drug-likeness (QED) is 0.397. The van der Waals surface area contributed by atoms with Crippen molar-refractivity contribution >= 4 is 18.1 Å². The van der Waals surface area contributed by atoms with Crippen LogP contribution in [0.3, 0.4) is 0 Å². The average Bonchev–Trinajstić information content (AvgIpc) is 2.56. The molecule has 0 atom stereocenters. The molecule has 0 aliphatic rings. The highest BCUT2D eigenvalue weighted by molar-refractivity contribution is 5.85. The summed E-state index contributed by atoms with van der Waals surface area (Å²) in [5.74, 6) is 0.949. The Balaban J connectivity index is 2.13. The molecule has 0 fully saturated rings. The van der Waals surface area contributed by atoms with Gasteiger partial charge in [-0.2, -0.15) is 5.10 Å². The first-order valence-corrected chi connectivity index (χ1v) is 6.51. The summed E-state index contributed by atoms with van der Waals surface area (Å²) in [6.45, 7) is 0. The predicted molar refractivity (Wildman–Crippen MR) is 83.7 cm³/mol. The molecule has 1 N–H and O–H groups in total. The topological polar surface area (TPSA) is 69.2 Å². The van der Waals surface area contributed by atoms with Crippen molar-refractivity contribution in [3.63, 3.8) is 0 Å². The lowest BCUT2D eigenvalue weighted by molar-refractivity contribution is 0.121. The largest absolute Gasteiger partial charge is 0.513 e. The Morgan fingerprint density at radius 3 is 2.59 bits per heavy atom. The van der Waals surface area contributed by atoms with Gasteiger partial charge in [0.2, 0.25) is 0 Å². The summed E-state index contributed by atoms with van der Waals surface area (Å²) in [5, 5.41) is 4.13. The maximum atomic E-state index is 11.1. The number of methoxy groups -OCH3 is 2. The number of carbonyl (C=O) groups is 1. The maximum absolute atomic E-state index is 11.1. The minimum absolute atomic E-state index is 0.341. The van der Waals surface area contributed by atoms with E-state index in [2.05, 4.69) is 15.3 Å². The summed E-state index contributed by atoms with van der Waals surface area (Å²) in [7, 11) is 2.80. The van der Waals surface area contributed by atoms with E-state index in [1.54, 1.807) is 31.5 Å². The highest BCUT2D eigenvalue weighted by Gasteiger charge is 2.07. The molecule has 0 unspecified atom stereocenters. The Bertz CT molecular complexity index is 656. The summed E-state index contributed by atoms with van der Waals surface area (Å²) < 4.78 is 14.7. The average molecular weight is 300 g/mol. The second kappa shape index (κ2) is 7.68. The van der Waals surface area contributed by atoms with Gasteiger partial charge in [-0.25, -0.2) is 4.79 Å². The number of carbonyl (C=O) groups excluding carboxylic acids is 1. The third kappa shape index (κ3) is 4.24. The smallest absolute Gasteiger partial charge is 0.496 e. The molecule has 22 heavy (non-hydrogen) atoms. The lowest BCUT2D eigenvalue weighted by Gasteiger charge is -2.07. The Morgan fingerprint density at radius 1 is 1.14 bits per heavy atom. The number of nitrogens with one attached hydrogen (secondary N) is 1. The molecule has 0 bridgehead atoms. The number of hydrogen-bond donors (Lipinski definition) is 1. The van der Waals surface area contributed by atoms with E-state index < -0.39 is 6.16 Å². The fourth-order valence-electron chi connectivity index (χ4n) is 1.70. The summed E-state index contributed by atoms with van der Waals surface area (Å²) in [6, 6.07) is 14.4. The van der Waals surface area contributed by atoms with E-state index >= 15 is 0 Å². The van der Waals surface area contributed by atoms with Gasteiger partial charge in [-0.05, 0) is 30.3 Å². The molecule has 0 saturated carbocycles. The van der Waals surface area contributed by atoms with Crippen LogP contribution in [0.2, 0.25) is 0 Å². The first-order valence-electron chi connectivity index (χ1n) is 6.51. The Hall–Kier alpha value is -3.02. The minimum atomic E-state index is -0.782. The zero-order valence-corrected chi connectivity index (χ0v) is 12.3. The molecule has 0 spiro atoms. The lowest BCUT2D eigenvalue weighted by atomic mass is 10.2. The lowest BCUT2D eigenvalue weighted by Crippen LogP contribution is -2.07. The number of hydrazone groups is 1. The zero-order valence-electron chi connectivity index (χ0n) is 12.3. The van der Waals surface area contributed by atoms with Crippen molar-refractivity contribution in [2.24, 2.45) is 5.10 Å². The van der Waals surface area contributed by atoms with Crippen LogP contribution in [0.15, 0.2) is 53.6 Å². The molecule has 6 heteroatoms. The summed E-state index contributed by atoms with van der Waals surface area (Å²) in [5.41, 5.74) is 4.42. The predicted octanol–water partition coefficient (Wildman–Crippen LogP) is 3.29. The summed E-state index contributed by atoms with van der Waals surface area (Å²) in [6.07, 6.45) is 0.797. The van der Waals surface area contributed by atoms with Crippen molar-refractivity contribution in [2.45, 2.75) is 0 Å². The van der Waals surface area contributed by atoms with Crippen molar-refractivity contribution in [1.29, 1.82) is 0 Å². The highest BCUT2D eigenvalue weighted by Crippen LogP contribution is 2.23. The van der Waals surface area contributed by atoms with Gasteiger partial charge in [-0.1, -0.05) is 18.2 Å². The van der Waals surface area contributed by atoms with Gasteiger partial charge in [-0.3, -0.25) is 5.43 Å². The zero-order chi connectivity index (χ0) is 15.8. The molecule has 0 amide bonds. The van der Waals surface area contributed by atoms with E-state index in [0.717, 1.165) is 5.69 Å². The van der Waals surface area contributed by atoms with E-state index in [1.807, 2.05) is 30.3 Å². The van der Waals surface area contributed by atoms with Crippen LogP contribution < -0.4 is 14.9 Å². The first-order chi connectivity index (χ1) is 10.7. The third-order valence-corrected chi connectivity index (χ3v) is 2.74. The molecule has 2 aromatic carbocycles. The normalized spacial score (nSPS) is 10.3. The van der Waals surface area contributed by atoms with Gasteiger partial charge in [0.1, 0.15) is 11.5 Å². The molecule has 114 valence electrons. The molecule has 6 nitrogen and oxygen atoms in total. The Morgan fingerprint density at radius 2 is 1.91 bits per heavy atom. The van der Waals surface area contributed by atoms with Crippen LogP contribution in [0.4, 0.5) is 10.5 Å². The molecule has 0 aromatic heterocycles. The van der Waals surface area contributed by atoms with Crippen LogP contribution in [-0.2, 0) is 4.74 Å². The monoisotopic (exact) mass is 300 g/mol. The standard InChI is InChI=1S/C16H16N2O4/c1-20-15-9-8-14(22-16(19)21-2)10-12(15)11-17-18-13-6-4-3-5-7-13/h3-11,18H,1-2H3. The van der Waals surface area contributed by atoms with Crippen LogP contribution in [0.5, 0.6) is 11.5 Å². The van der Waals surface area contributed by atoms with E-state index in [-0.39, 0.29) is 0 Å². The van der Waals surface area contributed by atoms with Crippen molar-refractivity contribution in [2.75, 3.05) is 19.6 Å². The van der Waals surface area contributed by atoms with Crippen LogP contribution in [0.25, 0.3) is 0 Å². The summed E-state index contributed by atoms with van der Waals surface area (Å²) in [4.78, 5) is 11.1. The second-order valence-electron chi connectivity index (χ2n) is 4.20. The van der Waals surface area contributed by atoms with E-state index in [4.69, 9.17) is 9.47 Å². The number of benzene rings is 2. The van der Waals surface area contributed by atoms with Gasteiger partial charge in [0.05, 0.1) is 26.1 Å². The van der Waals surface area contributed by atoms with Gasteiger partial charge < -0.3 is 14.2 Å². The van der Waals surface area contributed by atoms with Crippen LogP contribution in [-0.4, -0.2) is 26.6 Å². The van der Waals surface area contributed by atoms with Gasteiger partial charge in [0, 0.05) is 5.56 Å². The number of ether oxygens (including phenoxy) is 3. The van der Waals surface area contributed by atoms with Crippen LogP contribution in [0.1, 0.15) is 5.56 Å². The fourth-order valence-corrected chi connectivity index (χ4v) is 1.70. The van der Waals surface area contributed by atoms with E-state index in [9.17, 15) is 4.79 Å². The van der Waals surface area contributed by atoms with Crippen molar-refractivity contribution in [3.8, 4) is 11.5 Å². The first kappa shape index (κ1) is 15.4. The molecule has 0 saturated heterocycles. The maximum Gasteiger partial charge on any atom is 0.513 e. The van der Waals surface area contributed by atoms with Crippen LogP contribution >= 0.6 is 0 Å². The molecule has 2 rings (SSSR count). The number of anilines is 1. The van der Waals surface area contributed by atoms with Gasteiger partial charge in [0.15, 0.2) is 0 Å². The molecular formula is C16H16N2O4.